The van der Waals surface area contributed by atoms with E-state index in [0.29, 0.717) is 6.61 Å². The van der Waals surface area contributed by atoms with E-state index in [0.717, 1.165) is 32.1 Å². The van der Waals surface area contributed by atoms with Crippen LogP contribution in [0.15, 0.2) is 12.7 Å². The van der Waals surface area contributed by atoms with Crippen molar-refractivity contribution in [3.8, 4) is 0 Å². The first-order valence-corrected chi connectivity index (χ1v) is 7.57. The van der Waals surface area contributed by atoms with E-state index in [4.69, 9.17) is 20.1 Å². The van der Waals surface area contributed by atoms with Gasteiger partial charge in [-0.15, -0.1) is 6.58 Å². The zero-order chi connectivity index (χ0) is 16.0. The second kappa shape index (κ2) is 12.8. The second-order valence-electron chi connectivity index (χ2n) is 5.32. The molecule has 0 aromatic heterocycles. The molecule has 21 heavy (non-hydrogen) atoms. The maximum absolute atomic E-state index is 11.0. The van der Waals surface area contributed by atoms with Crippen LogP contribution in [0.4, 0.5) is 0 Å². The quantitative estimate of drug-likeness (QED) is 0.182. The standard InChI is InChI=1S/C15H29NO5/c1-2-3-4-5-6-7-12-21-14-16(8-10-17,9-11-18)13-15(19)20/h2,17-18H,1,3-14H2/p+1. The molecule has 0 aromatic rings. The summed E-state index contributed by atoms with van der Waals surface area (Å²) in [6.07, 6.45) is 7.23. The summed E-state index contributed by atoms with van der Waals surface area (Å²) in [6.45, 7) is 4.59. The highest BCUT2D eigenvalue weighted by Gasteiger charge is 2.29. The third-order valence-corrected chi connectivity index (χ3v) is 3.43. The van der Waals surface area contributed by atoms with Gasteiger partial charge in [0.1, 0.15) is 13.1 Å². The highest BCUT2D eigenvalue weighted by Crippen LogP contribution is 2.08. The molecule has 0 heterocycles. The Morgan fingerprint density at radius 1 is 1.10 bits per heavy atom. The predicted molar refractivity (Wildman–Crippen MR) is 80.8 cm³/mol. The van der Waals surface area contributed by atoms with E-state index >= 15 is 0 Å². The molecule has 0 aromatic carbocycles. The van der Waals surface area contributed by atoms with Crippen LogP contribution in [0, 0.1) is 0 Å². The largest absolute Gasteiger partial charge is 0.477 e. The van der Waals surface area contributed by atoms with Crippen LogP contribution in [0.3, 0.4) is 0 Å². The molecule has 0 rings (SSSR count). The van der Waals surface area contributed by atoms with Gasteiger partial charge in [-0.25, -0.2) is 4.79 Å². The van der Waals surface area contributed by atoms with Crippen molar-refractivity contribution < 1.29 is 29.3 Å². The Hall–Kier alpha value is -0.950. The lowest BCUT2D eigenvalue weighted by Crippen LogP contribution is -2.55. The number of unbranched alkanes of at least 4 members (excludes halogenated alkanes) is 4. The van der Waals surface area contributed by atoms with Crippen molar-refractivity contribution in [2.75, 3.05) is 46.2 Å². The number of allylic oxidation sites excluding steroid dienone is 1. The van der Waals surface area contributed by atoms with Crippen LogP contribution in [0.5, 0.6) is 0 Å². The first-order chi connectivity index (χ1) is 10.1. The monoisotopic (exact) mass is 304 g/mol. The van der Waals surface area contributed by atoms with Gasteiger partial charge in [0.15, 0.2) is 13.3 Å². The maximum Gasteiger partial charge on any atom is 0.359 e. The fourth-order valence-electron chi connectivity index (χ4n) is 2.26. The molecule has 124 valence electrons. The molecule has 0 radical (unpaired) electrons. The summed E-state index contributed by atoms with van der Waals surface area (Å²) in [4.78, 5) is 11.0. The van der Waals surface area contributed by atoms with E-state index < -0.39 is 5.97 Å². The smallest absolute Gasteiger partial charge is 0.359 e. The van der Waals surface area contributed by atoms with E-state index in [1.807, 2.05) is 6.08 Å². The highest BCUT2D eigenvalue weighted by molar-refractivity contribution is 5.67. The number of ether oxygens (including phenoxy) is 1. The van der Waals surface area contributed by atoms with Crippen molar-refractivity contribution in [3.63, 3.8) is 0 Å². The second-order valence-corrected chi connectivity index (χ2v) is 5.32. The molecular weight excluding hydrogens is 274 g/mol. The fraction of sp³-hybridized carbons (Fsp3) is 0.800. The molecule has 0 bridgehead atoms. The minimum atomic E-state index is -0.954. The van der Waals surface area contributed by atoms with Crippen molar-refractivity contribution >= 4 is 5.97 Å². The summed E-state index contributed by atoms with van der Waals surface area (Å²) in [5.41, 5.74) is 0. The molecule has 0 saturated carbocycles. The molecule has 0 saturated heterocycles. The zero-order valence-electron chi connectivity index (χ0n) is 12.9. The summed E-state index contributed by atoms with van der Waals surface area (Å²) >= 11 is 0. The van der Waals surface area contributed by atoms with Gasteiger partial charge >= 0.3 is 5.97 Å². The molecule has 0 unspecified atom stereocenters. The minimum absolute atomic E-state index is 0.0544. The Bertz CT molecular complexity index is 277. The number of aliphatic hydroxyl groups excluding tert-OH is 2. The SMILES string of the molecule is C=CCCCCCCOC[N+](CCO)(CCO)CC(=O)O. The topological polar surface area (TPSA) is 87.0 Å². The first kappa shape index (κ1) is 20.1. The van der Waals surface area contributed by atoms with Crippen molar-refractivity contribution in [1.29, 1.82) is 0 Å². The average Bonchev–Trinajstić information content (AvgIpc) is 2.41. The number of hydrogen-bond acceptors (Lipinski definition) is 4. The summed E-state index contributed by atoms with van der Waals surface area (Å²) in [5.74, 6) is -0.954. The normalized spacial score (nSPS) is 11.5. The van der Waals surface area contributed by atoms with Crippen LogP contribution >= 0.6 is 0 Å². The molecule has 0 atom stereocenters. The fourth-order valence-corrected chi connectivity index (χ4v) is 2.26. The number of carboxylic acid groups (broad SMARTS) is 1. The number of aliphatic hydroxyl groups is 2. The van der Waals surface area contributed by atoms with Gasteiger partial charge in [0, 0.05) is 0 Å². The van der Waals surface area contributed by atoms with Crippen LogP contribution in [0.2, 0.25) is 0 Å². The molecule has 0 fully saturated rings. The number of nitrogens with zero attached hydrogens (tertiary/aromatic N) is 1. The molecule has 3 N–H and O–H groups in total. The molecule has 0 aliphatic rings. The number of carboxylic acids is 1. The van der Waals surface area contributed by atoms with Gasteiger partial charge in [-0.05, 0) is 19.3 Å². The lowest BCUT2D eigenvalue weighted by molar-refractivity contribution is -0.939. The first-order valence-electron chi connectivity index (χ1n) is 7.57. The Kier molecular flexibility index (Phi) is 12.2. The summed E-state index contributed by atoms with van der Waals surface area (Å²) in [7, 11) is 0. The lowest BCUT2D eigenvalue weighted by Gasteiger charge is -2.35. The maximum atomic E-state index is 11.0. The molecule has 0 spiro atoms. The third kappa shape index (κ3) is 10.4. The van der Waals surface area contributed by atoms with Crippen molar-refractivity contribution in [2.24, 2.45) is 0 Å². The molecule has 6 nitrogen and oxygen atoms in total. The van der Waals surface area contributed by atoms with E-state index in [1.165, 1.54) is 0 Å². The minimum Gasteiger partial charge on any atom is -0.477 e. The van der Waals surface area contributed by atoms with E-state index in [-0.39, 0.29) is 44.1 Å². The summed E-state index contributed by atoms with van der Waals surface area (Å²) in [5, 5.41) is 27.2. The predicted octanol–water partition coefficient (Wildman–Crippen LogP) is 0.983. The Labute approximate surface area is 127 Å². The van der Waals surface area contributed by atoms with Gasteiger partial charge in [-0.1, -0.05) is 18.9 Å². The van der Waals surface area contributed by atoms with Crippen LogP contribution < -0.4 is 0 Å². The van der Waals surface area contributed by atoms with Crippen molar-refractivity contribution in [3.05, 3.63) is 12.7 Å². The number of rotatable bonds is 15. The highest BCUT2D eigenvalue weighted by atomic mass is 16.5. The number of hydrogen-bond donors (Lipinski definition) is 3. The van der Waals surface area contributed by atoms with E-state index in [9.17, 15) is 4.79 Å². The number of carbonyl (C=O) groups is 1. The molecule has 0 aliphatic carbocycles. The molecule has 0 amide bonds. The zero-order valence-corrected chi connectivity index (χ0v) is 12.9. The Morgan fingerprint density at radius 3 is 2.24 bits per heavy atom. The number of aliphatic carboxylic acids is 1. The lowest BCUT2D eigenvalue weighted by atomic mass is 10.1. The van der Waals surface area contributed by atoms with Crippen molar-refractivity contribution in [1.82, 2.24) is 0 Å². The van der Waals surface area contributed by atoms with Crippen LogP contribution in [-0.2, 0) is 9.53 Å². The van der Waals surface area contributed by atoms with Gasteiger partial charge in [-0.2, -0.15) is 0 Å². The van der Waals surface area contributed by atoms with E-state index in [2.05, 4.69) is 6.58 Å². The molecule has 0 aliphatic heterocycles. The van der Waals surface area contributed by atoms with Gasteiger partial charge in [-0.3, -0.25) is 4.48 Å². The van der Waals surface area contributed by atoms with Crippen LogP contribution in [-0.4, -0.2) is 72.0 Å². The molecular formula is C15H30NO5+. The van der Waals surface area contributed by atoms with E-state index in [1.54, 1.807) is 0 Å². The third-order valence-electron chi connectivity index (χ3n) is 3.43. The van der Waals surface area contributed by atoms with Gasteiger partial charge < -0.3 is 20.1 Å². The Morgan fingerprint density at radius 2 is 1.71 bits per heavy atom. The summed E-state index contributed by atoms with van der Waals surface area (Å²) < 4.78 is 5.63. The van der Waals surface area contributed by atoms with Gasteiger partial charge in [0.2, 0.25) is 0 Å². The van der Waals surface area contributed by atoms with Gasteiger partial charge in [0.25, 0.3) is 0 Å². The van der Waals surface area contributed by atoms with Gasteiger partial charge in [0.05, 0.1) is 19.8 Å². The molecule has 6 heteroatoms. The summed E-state index contributed by atoms with van der Waals surface area (Å²) in [6, 6.07) is 0. The van der Waals surface area contributed by atoms with Crippen LogP contribution in [0.1, 0.15) is 32.1 Å². The average molecular weight is 304 g/mol. The number of quaternary nitrogens is 1. The van der Waals surface area contributed by atoms with Crippen LogP contribution in [0.25, 0.3) is 0 Å². The Balaban J connectivity index is 4.04. The van der Waals surface area contributed by atoms with Crippen molar-refractivity contribution in [2.45, 2.75) is 32.1 Å².